The van der Waals surface area contributed by atoms with Gasteiger partial charge in [-0.3, -0.25) is 14.5 Å². The second kappa shape index (κ2) is 7.06. The molecule has 0 aromatic heterocycles. The van der Waals surface area contributed by atoms with E-state index in [0.717, 1.165) is 6.42 Å². The Hall–Kier alpha value is -1.99. The van der Waals surface area contributed by atoms with Gasteiger partial charge in [-0.05, 0) is 54.7 Å². The van der Waals surface area contributed by atoms with Gasteiger partial charge in [0, 0.05) is 9.65 Å². The average molecular weight is 519 g/mol. The molecule has 148 valence electrons. The number of hydrogen-bond donors (Lipinski definition) is 0. The number of imide groups is 1. The maximum absolute atomic E-state index is 13.1. The van der Waals surface area contributed by atoms with Crippen molar-refractivity contribution in [3.63, 3.8) is 0 Å². The number of halogens is 2. The van der Waals surface area contributed by atoms with Gasteiger partial charge in [0.2, 0.25) is 11.8 Å². The van der Waals surface area contributed by atoms with Crippen LogP contribution in [0.4, 0.5) is 5.69 Å². The van der Waals surface area contributed by atoms with Gasteiger partial charge in [-0.2, -0.15) is 0 Å². The number of carbonyl (C=O) groups excluding carboxylic acids is 3. The fraction of sp³-hybridized carbons (Fsp3) is 0.318. The van der Waals surface area contributed by atoms with Gasteiger partial charge in [-0.25, -0.2) is 4.79 Å². The van der Waals surface area contributed by atoms with Crippen LogP contribution in [-0.2, 0) is 9.59 Å². The highest BCUT2D eigenvalue weighted by Crippen LogP contribution is 2.60. The Morgan fingerprint density at radius 2 is 1.41 bits per heavy atom. The van der Waals surface area contributed by atoms with Gasteiger partial charge in [0.25, 0.3) is 0 Å². The molecular weight excluding hydrogens is 502 g/mol. The molecule has 29 heavy (non-hydrogen) atoms. The number of hydrogen-bond acceptors (Lipinski definition) is 4. The highest BCUT2D eigenvalue weighted by Gasteiger charge is 2.66. The van der Waals surface area contributed by atoms with E-state index in [0.29, 0.717) is 17.0 Å². The quantitative estimate of drug-likeness (QED) is 0.264. The molecule has 5 rings (SSSR count). The number of anilines is 1. The molecule has 2 aromatic rings. The molecule has 2 amide bonds. The van der Waals surface area contributed by atoms with Gasteiger partial charge in [-0.15, -0.1) is 0 Å². The van der Waals surface area contributed by atoms with Crippen LogP contribution in [0.1, 0.15) is 16.8 Å². The van der Waals surface area contributed by atoms with Crippen molar-refractivity contribution in [2.45, 2.75) is 16.1 Å². The first-order chi connectivity index (χ1) is 14.0. The predicted octanol–water partition coefficient (Wildman–Crippen LogP) is 4.19. The molecule has 7 heteroatoms. The molecule has 1 aliphatic heterocycles. The first kappa shape index (κ1) is 19.0. The zero-order valence-electron chi connectivity index (χ0n) is 15.2. The van der Waals surface area contributed by atoms with Crippen molar-refractivity contribution in [1.29, 1.82) is 0 Å². The number of carbonyl (C=O) groups is 3. The third-order valence-corrected chi connectivity index (χ3v) is 9.51. The number of nitrogens with zero attached hydrogens (tertiary/aromatic N) is 1. The molecule has 2 bridgehead atoms. The molecule has 2 aliphatic carbocycles. The Kier molecular flexibility index (Phi) is 4.62. The lowest BCUT2D eigenvalue weighted by Gasteiger charge is -2.28. The van der Waals surface area contributed by atoms with Crippen molar-refractivity contribution >= 4 is 55.3 Å². The molecule has 3 aliphatic rings. The number of alkyl halides is 2. The first-order valence-corrected chi connectivity index (χ1v) is 11.3. The van der Waals surface area contributed by atoms with Crippen LogP contribution in [-0.4, -0.2) is 27.4 Å². The summed E-state index contributed by atoms with van der Waals surface area (Å²) >= 11 is 7.39. The standard InChI is InChI=1S/C22H17Br2NO4/c23-18-14-10-15(19(18)24)17-16(14)20(26)25(21(17)27)12-6-8-13(9-7-12)29-22(28)11-4-2-1-3-5-11/h1-9,14-19H,10H2/t14-,15-,16-,17+,18+,19+/m1/s1. The van der Waals surface area contributed by atoms with E-state index in [2.05, 4.69) is 31.9 Å². The van der Waals surface area contributed by atoms with Crippen molar-refractivity contribution in [2.75, 3.05) is 4.90 Å². The molecule has 0 unspecified atom stereocenters. The summed E-state index contributed by atoms with van der Waals surface area (Å²) in [5, 5.41) is 0. The van der Waals surface area contributed by atoms with Crippen molar-refractivity contribution in [3.05, 3.63) is 60.2 Å². The molecule has 3 fully saturated rings. The van der Waals surface area contributed by atoms with E-state index in [4.69, 9.17) is 4.74 Å². The summed E-state index contributed by atoms with van der Waals surface area (Å²) in [6, 6.07) is 15.3. The summed E-state index contributed by atoms with van der Waals surface area (Å²) in [6.07, 6.45) is 0.904. The van der Waals surface area contributed by atoms with Gasteiger partial charge in [0.1, 0.15) is 5.75 Å². The monoisotopic (exact) mass is 517 g/mol. The van der Waals surface area contributed by atoms with Crippen LogP contribution >= 0.6 is 31.9 Å². The fourth-order valence-corrected chi connectivity index (χ4v) is 6.88. The Morgan fingerprint density at radius 1 is 0.862 bits per heavy atom. The molecule has 0 spiro atoms. The van der Waals surface area contributed by atoms with Crippen molar-refractivity contribution < 1.29 is 19.1 Å². The van der Waals surface area contributed by atoms with E-state index in [1.807, 2.05) is 6.07 Å². The maximum Gasteiger partial charge on any atom is 0.343 e. The van der Waals surface area contributed by atoms with E-state index in [-0.39, 0.29) is 45.1 Å². The van der Waals surface area contributed by atoms with E-state index < -0.39 is 5.97 Å². The van der Waals surface area contributed by atoms with Crippen LogP contribution in [0.2, 0.25) is 0 Å². The lowest BCUT2D eigenvalue weighted by molar-refractivity contribution is -0.123. The van der Waals surface area contributed by atoms with E-state index in [1.165, 1.54) is 4.90 Å². The zero-order chi connectivity index (χ0) is 20.3. The van der Waals surface area contributed by atoms with Crippen LogP contribution in [0.15, 0.2) is 54.6 Å². The summed E-state index contributed by atoms with van der Waals surface area (Å²) in [5.74, 6) is -0.463. The lowest BCUT2D eigenvalue weighted by atomic mass is 9.81. The minimum absolute atomic E-state index is 0.120. The third kappa shape index (κ3) is 2.89. The Bertz CT molecular complexity index is 962. The minimum Gasteiger partial charge on any atom is -0.423 e. The van der Waals surface area contributed by atoms with Crippen LogP contribution in [0.3, 0.4) is 0 Å². The SMILES string of the molecule is O=C(Oc1ccc(N2C(=O)[C@@H]3[C@H]4C[C@@H]([C@H](Br)[C@H]4Br)[C@@H]3C2=O)cc1)c1ccccc1. The second-order valence-corrected chi connectivity index (χ2v) is 9.88. The number of ether oxygens (including phenoxy) is 1. The molecule has 1 heterocycles. The van der Waals surface area contributed by atoms with Crippen LogP contribution in [0.25, 0.3) is 0 Å². The third-order valence-electron chi connectivity index (χ3n) is 6.30. The summed E-state index contributed by atoms with van der Waals surface area (Å²) in [4.78, 5) is 40.1. The largest absolute Gasteiger partial charge is 0.423 e. The van der Waals surface area contributed by atoms with E-state index in [9.17, 15) is 14.4 Å². The summed E-state index contributed by atoms with van der Waals surface area (Å²) < 4.78 is 5.38. The summed E-state index contributed by atoms with van der Waals surface area (Å²) in [6.45, 7) is 0. The van der Waals surface area contributed by atoms with Crippen molar-refractivity contribution in [1.82, 2.24) is 0 Å². The Labute approximate surface area is 184 Å². The minimum atomic E-state index is -0.454. The number of esters is 1. The predicted molar refractivity (Wildman–Crippen MR) is 114 cm³/mol. The normalized spacial score (nSPS) is 32.6. The zero-order valence-corrected chi connectivity index (χ0v) is 18.4. The lowest BCUT2D eigenvalue weighted by Crippen LogP contribution is -2.37. The summed E-state index contributed by atoms with van der Waals surface area (Å²) in [7, 11) is 0. The Morgan fingerprint density at radius 3 is 1.97 bits per heavy atom. The molecule has 0 radical (unpaired) electrons. The topological polar surface area (TPSA) is 63.7 Å². The molecule has 6 atom stereocenters. The number of benzene rings is 2. The number of fused-ring (bicyclic) bond motifs is 5. The molecule has 2 saturated carbocycles. The molecule has 0 N–H and O–H groups in total. The van der Waals surface area contributed by atoms with Crippen LogP contribution in [0.5, 0.6) is 5.75 Å². The smallest absolute Gasteiger partial charge is 0.343 e. The van der Waals surface area contributed by atoms with Crippen molar-refractivity contribution in [3.8, 4) is 5.75 Å². The fourth-order valence-electron chi connectivity index (χ4n) is 5.01. The van der Waals surface area contributed by atoms with E-state index in [1.54, 1.807) is 48.5 Å². The Balaban J connectivity index is 1.35. The molecule has 5 nitrogen and oxygen atoms in total. The van der Waals surface area contributed by atoms with Crippen molar-refractivity contribution in [2.24, 2.45) is 23.7 Å². The highest BCUT2D eigenvalue weighted by molar-refractivity contribution is 9.12. The van der Waals surface area contributed by atoms with Gasteiger partial charge < -0.3 is 4.74 Å². The first-order valence-electron chi connectivity index (χ1n) is 9.50. The molecular formula is C22H17Br2NO4. The van der Waals surface area contributed by atoms with E-state index >= 15 is 0 Å². The van der Waals surface area contributed by atoms with Gasteiger partial charge in [0.15, 0.2) is 0 Å². The summed E-state index contributed by atoms with van der Waals surface area (Å²) in [5.41, 5.74) is 0.976. The second-order valence-electron chi connectivity index (χ2n) is 7.77. The van der Waals surface area contributed by atoms with Crippen LogP contribution < -0.4 is 9.64 Å². The van der Waals surface area contributed by atoms with Gasteiger partial charge >= 0.3 is 5.97 Å². The average Bonchev–Trinajstić information content (AvgIpc) is 3.34. The molecule has 1 saturated heterocycles. The highest BCUT2D eigenvalue weighted by atomic mass is 79.9. The molecule has 2 aromatic carbocycles. The number of rotatable bonds is 3. The van der Waals surface area contributed by atoms with Crippen LogP contribution in [0, 0.1) is 23.7 Å². The maximum atomic E-state index is 13.1. The number of amides is 2. The van der Waals surface area contributed by atoms with Gasteiger partial charge in [-0.1, -0.05) is 50.1 Å². The van der Waals surface area contributed by atoms with Gasteiger partial charge in [0.05, 0.1) is 23.1 Å².